The summed E-state index contributed by atoms with van der Waals surface area (Å²) in [4.78, 5) is 0. The minimum atomic E-state index is -2.22. The Morgan fingerprint density at radius 3 is 1.90 bits per heavy atom. The number of hydrogen-bond donors (Lipinski definition) is 0. The first-order valence-corrected chi connectivity index (χ1v) is 16.7. The molecule has 0 fully saturated rings. The summed E-state index contributed by atoms with van der Waals surface area (Å²) in [6, 6.07) is 2.24. The Hall–Kier alpha value is -0.0894. The van der Waals surface area contributed by atoms with Crippen LogP contribution in [-0.4, -0.2) is 38.9 Å². The van der Waals surface area contributed by atoms with Gasteiger partial charge in [-0.25, -0.2) is 0 Å². The van der Waals surface area contributed by atoms with Crippen LogP contribution in [0.25, 0.3) is 0 Å². The van der Waals surface area contributed by atoms with Crippen LogP contribution in [0.15, 0.2) is 12.0 Å². The highest BCUT2D eigenvalue weighted by Crippen LogP contribution is 2.26. The van der Waals surface area contributed by atoms with Gasteiger partial charge in [0.1, 0.15) is 0 Å². The molecule has 0 bridgehead atoms. The molecule has 0 unspecified atom stereocenters. The van der Waals surface area contributed by atoms with Crippen LogP contribution in [-0.2, 0) is 17.7 Å². The summed E-state index contributed by atoms with van der Waals surface area (Å²) in [6.07, 6.45) is 1.86. The minimum absolute atomic E-state index is 0.588. The zero-order valence-corrected chi connectivity index (χ0v) is 18.3. The van der Waals surface area contributed by atoms with E-state index in [9.17, 15) is 0 Å². The second kappa shape index (κ2) is 8.52. The van der Waals surface area contributed by atoms with Crippen LogP contribution in [0.1, 0.15) is 13.8 Å². The molecule has 0 amide bonds. The number of ether oxygens (including phenoxy) is 1. The molecule has 0 spiro atoms. The molecule has 0 aliphatic carbocycles. The Bertz CT molecular complexity index is 341. The van der Waals surface area contributed by atoms with Crippen molar-refractivity contribution in [1.29, 1.82) is 0 Å². The van der Waals surface area contributed by atoms with E-state index in [-0.39, 0.29) is 0 Å². The Kier molecular flexibility index (Phi) is 8.48. The molecule has 0 saturated heterocycles. The summed E-state index contributed by atoms with van der Waals surface area (Å²) < 4.78 is 23.5. The van der Waals surface area contributed by atoms with E-state index in [0.29, 0.717) is 12.6 Å². The highest BCUT2D eigenvalue weighted by Gasteiger charge is 2.38. The van der Waals surface area contributed by atoms with Crippen molar-refractivity contribution in [2.45, 2.75) is 65.2 Å². The molecule has 0 aromatic carbocycles. The highest BCUT2D eigenvalue weighted by molar-refractivity contribution is 6.83. The van der Waals surface area contributed by atoms with Gasteiger partial charge in [-0.15, -0.1) is 0 Å². The second-order valence-electron chi connectivity index (χ2n) is 6.87. The fraction of sp³-hybridized carbons (Fsp3) is 0.857. The lowest BCUT2D eigenvalue weighted by Gasteiger charge is -2.35. The predicted octanol–water partition coefficient (Wildman–Crippen LogP) is 4.68. The van der Waals surface area contributed by atoms with E-state index < -0.39 is 25.2 Å². The maximum absolute atomic E-state index is 6.45. The van der Waals surface area contributed by atoms with Gasteiger partial charge in [0.2, 0.25) is 0 Å². The standard InChI is InChI=1S/C14H34O4Si3/c1-10-14(16-11-2)17-21(8,9)18-20(6,7)13-12-19(4,5)15-3/h10H,11-13H2,1-9H3. The van der Waals surface area contributed by atoms with Crippen LogP contribution in [0, 0.1) is 0 Å². The molecule has 0 rings (SSSR count). The first kappa shape index (κ1) is 20.9. The first-order valence-electron chi connectivity index (χ1n) is 7.70. The van der Waals surface area contributed by atoms with Crippen LogP contribution in [0.2, 0.25) is 51.4 Å². The van der Waals surface area contributed by atoms with Crippen LogP contribution in [0.3, 0.4) is 0 Å². The molecule has 0 heterocycles. The predicted molar refractivity (Wildman–Crippen MR) is 96.6 cm³/mol. The van der Waals surface area contributed by atoms with Crippen LogP contribution in [0.4, 0.5) is 0 Å². The third kappa shape index (κ3) is 9.51. The molecule has 21 heavy (non-hydrogen) atoms. The van der Waals surface area contributed by atoms with Crippen molar-refractivity contribution >= 4 is 25.2 Å². The average molecular weight is 351 g/mol. The van der Waals surface area contributed by atoms with Crippen molar-refractivity contribution in [3.63, 3.8) is 0 Å². The van der Waals surface area contributed by atoms with Crippen LogP contribution < -0.4 is 0 Å². The maximum atomic E-state index is 6.45. The molecule has 0 saturated carbocycles. The Balaban J connectivity index is 4.60. The average Bonchev–Trinajstić information content (AvgIpc) is 2.34. The van der Waals surface area contributed by atoms with Crippen molar-refractivity contribution < 1.29 is 17.7 Å². The lowest BCUT2D eigenvalue weighted by Crippen LogP contribution is -2.47. The summed E-state index contributed by atoms with van der Waals surface area (Å²) in [5.41, 5.74) is 0. The normalized spacial score (nSPS) is 14.2. The van der Waals surface area contributed by atoms with Gasteiger partial charge in [-0.05, 0) is 71.3 Å². The molecule has 0 aliphatic rings. The summed E-state index contributed by atoms with van der Waals surface area (Å²) in [5, 5.41) is 0. The summed E-state index contributed by atoms with van der Waals surface area (Å²) in [7, 11) is -3.68. The fourth-order valence-corrected chi connectivity index (χ4v) is 13.6. The lowest BCUT2D eigenvalue weighted by molar-refractivity contribution is 0.0972. The van der Waals surface area contributed by atoms with E-state index in [1.165, 1.54) is 0 Å². The maximum Gasteiger partial charge on any atom is 0.385 e. The van der Waals surface area contributed by atoms with Gasteiger partial charge < -0.3 is 17.7 Å². The summed E-state index contributed by atoms with van der Waals surface area (Å²) in [5.74, 6) is 0.588. The van der Waals surface area contributed by atoms with Gasteiger partial charge in [-0.2, -0.15) is 0 Å². The van der Waals surface area contributed by atoms with Gasteiger partial charge in [-0.1, -0.05) is 0 Å². The molecule has 126 valence electrons. The van der Waals surface area contributed by atoms with E-state index in [4.69, 9.17) is 17.7 Å². The molecule has 0 atom stereocenters. The van der Waals surface area contributed by atoms with Crippen LogP contribution >= 0.6 is 0 Å². The summed E-state index contributed by atoms with van der Waals surface area (Å²) in [6.45, 7) is 17.7. The topological polar surface area (TPSA) is 36.9 Å². The molecule has 4 nitrogen and oxygen atoms in total. The van der Waals surface area contributed by atoms with E-state index in [1.807, 2.05) is 27.0 Å². The van der Waals surface area contributed by atoms with Crippen molar-refractivity contribution in [3.8, 4) is 0 Å². The lowest BCUT2D eigenvalue weighted by atomic mass is 10.7. The third-order valence-electron chi connectivity index (χ3n) is 3.27. The van der Waals surface area contributed by atoms with Gasteiger partial charge in [0.15, 0.2) is 16.6 Å². The Labute approximate surface area is 134 Å². The molecule has 0 aliphatic heterocycles. The van der Waals surface area contributed by atoms with E-state index in [2.05, 4.69) is 39.3 Å². The van der Waals surface area contributed by atoms with Crippen molar-refractivity contribution in [3.05, 3.63) is 12.0 Å². The van der Waals surface area contributed by atoms with E-state index in [1.54, 1.807) is 0 Å². The fourth-order valence-electron chi connectivity index (χ4n) is 2.00. The monoisotopic (exact) mass is 350 g/mol. The molecule has 7 heteroatoms. The Morgan fingerprint density at radius 1 is 0.952 bits per heavy atom. The van der Waals surface area contributed by atoms with Crippen molar-refractivity contribution in [2.24, 2.45) is 0 Å². The SMILES string of the molecule is CC=C(OCC)O[Si](C)(C)O[Si](C)(C)CC[Si](C)(C)OC. The van der Waals surface area contributed by atoms with Crippen LogP contribution in [0.5, 0.6) is 0 Å². The van der Waals surface area contributed by atoms with Gasteiger partial charge in [-0.3, -0.25) is 0 Å². The van der Waals surface area contributed by atoms with E-state index >= 15 is 0 Å². The van der Waals surface area contributed by atoms with E-state index in [0.717, 1.165) is 12.1 Å². The quantitative estimate of drug-likeness (QED) is 0.423. The number of hydrogen-bond acceptors (Lipinski definition) is 4. The highest BCUT2D eigenvalue weighted by atomic mass is 28.4. The number of rotatable bonds is 10. The zero-order chi connectivity index (χ0) is 16.7. The van der Waals surface area contributed by atoms with Gasteiger partial charge >= 0.3 is 8.56 Å². The largest absolute Gasteiger partial charge is 0.495 e. The zero-order valence-electron chi connectivity index (χ0n) is 15.3. The molecule has 0 aromatic heterocycles. The van der Waals surface area contributed by atoms with Gasteiger partial charge in [0.05, 0.1) is 6.61 Å². The molecular formula is C14H34O4Si3. The first-order chi connectivity index (χ1) is 9.47. The van der Waals surface area contributed by atoms with Gasteiger partial charge in [0, 0.05) is 7.11 Å². The summed E-state index contributed by atoms with van der Waals surface area (Å²) >= 11 is 0. The number of allylic oxidation sites excluding steroid dienone is 1. The molecule has 0 radical (unpaired) electrons. The molecule has 0 N–H and O–H groups in total. The second-order valence-corrected chi connectivity index (χ2v) is 19.1. The molecule has 0 aromatic rings. The Morgan fingerprint density at radius 2 is 1.48 bits per heavy atom. The smallest absolute Gasteiger partial charge is 0.385 e. The molecular weight excluding hydrogens is 316 g/mol. The third-order valence-corrected chi connectivity index (χ3v) is 12.7. The minimum Gasteiger partial charge on any atom is -0.495 e. The van der Waals surface area contributed by atoms with Crippen molar-refractivity contribution in [2.75, 3.05) is 13.7 Å². The van der Waals surface area contributed by atoms with Gasteiger partial charge in [0.25, 0.3) is 5.95 Å². The van der Waals surface area contributed by atoms with Crippen molar-refractivity contribution in [1.82, 2.24) is 0 Å².